The molecule has 37 heavy (non-hydrogen) atoms. The number of esters is 2. The standard InChI is InChI=1S/C26H20F6O5/c27-25(28,29)17-7-3-1-5-13(17)23(34)36-21-15-11-16(20-12(15)9-10-19(20)33)22(21)37-24(35)14-6-2-4-8-18(14)26(30,31)32/h1-8,12,15-16,20-22H,9-11H2. The number of carbonyl (C=O) groups is 3. The summed E-state index contributed by atoms with van der Waals surface area (Å²) in [6.45, 7) is 0. The van der Waals surface area contributed by atoms with E-state index < -0.39 is 76.5 Å². The molecule has 2 bridgehead atoms. The van der Waals surface area contributed by atoms with Crippen LogP contribution < -0.4 is 0 Å². The van der Waals surface area contributed by atoms with Crippen molar-refractivity contribution in [2.75, 3.05) is 0 Å². The zero-order valence-electron chi connectivity index (χ0n) is 19.0. The van der Waals surface area contributed by atoms with Crippen LogP contribution in [0.15, 0.2) is 48.5 Å². The summed E-state index contributed by atoms with van der Waals surface area (Å²) in [6, 6.07) is 8.06. The molecule has 5 rings (SSSR count). The van der Waals surface area contributed by atoms with Gasteiger partial charge < -0.3 is 9.47 Å². The zero-order valence-corrected chi connectivity index (χ0v) is 19.0. The van der Waals surface area contributed by atoms with Gasteiger partial charge in [0.2, 0.25) is 0 Å². The van der Waals surface area contributed by atoms with E-state index in [-0.39, 0.29) is 18.1 Å². The second-order valence-corrected chi connectivity index (χ2v) is 9.58. The number of rotatable bonds is 4. The van der Waals surface area contributed by atoms with Crippen molar-refractivity contribution in [2.24, 2.45) is 23.7 Å². The molecule has 6 unspecified atom stereocenters. The fraction of sp³-hybridized carbons (Fsp3) is 0.423. The summed E-state index contributed by atoms with van der Waals surface area (Å²) in [6.07, 6.45) is -11.1. The molecule has 2 aromatic rings. The molecule has 0 saturated heterocycles. The summed E-state index contributed by atoms with van der Waals surface area (Å²) in [5, 5.41) is 0. The van der Waals surface area contributed by atoms with E-state index >= 15 is 0 Å². The van der Waals surface area contributed by atoms with Crippen molar-refractivity contribution in [2.45, 2.75) is 43.8 Å². The van der Waals surface area contributed by atoms with Crippen LogP contribution in [0.3, 0.4) is 0 Å². The third kappa shape index (κ3) is 4.38. The van der Waals surface area contributed by atoms with Crippen molar-refractivity contribution < 1.29 is 50.2 Å². The summed E-state index contributed by atoms with van der Waals surface area (Å²) < 4.78 is 91.7. The average molecular weight is 526 g/mol. The number of alkyl halides is 6. The second kappa shape index (κ2) is 8.88. The first-order chi connectivity index (χ1) is 17.4. The highest BCUT2D eigenvalue weighted by molar-refractivity contribution is 5.93. The van der Waals surface area contributed by atoms with E-state index in [0.29, 0.717) is 12.8 Å². The molecule has 3 fully saturated rings. The first-order valence-corrected chi connectivity index (χ1v) is 11.6. The maximum absolute atomic E-state index is 13.5. The molecule has 5 nitrogen and oxygen atoms in total. The van der Waals surface area contributed by atoms with Gasteiger partial charge in [-0.3, -0.25) is 4.79 Å². The summed E-state index contributed by atoms with van der Waals surface area (Å²) in [7, 11) is 0. The van der Waals surface area contributed by atoms with Gasteiger partial charge in [0.1, 0.15) is 18.0 Å². The van der Waals surface area contributed by atoms with Gasteiger partial charge in [-0.15, -0.1) is 0 Å². The number of benzene rings is 2. The van der Waals surface area contributed by atoms with Gasteiger partial charge in [0.15, 0.2) is 0 Å². The van der Waals surface area contributed by atoms with E-state index in [1.165, 1.54) is 12.1 Å². The lowest BCUT2D eigenvalue weighted by Crippen LogP contribution is -2.46. The molecule has 3 aliphatic rings. The average Bonchev–Trinajstić information content (AvgIpc) is 3.50. The van der Waals surface area contributed by atoms with Crippen LogP contribution in [0.1, 0.15) is 51.1 Å². The van der Waals surface area contributed by atoms with Crippen LogP contribution in [-0.4, -0.2) is 29.9 Å². The summed E-state index contributed by atoms with van der Waals surface area (Å²) in [5.41, 5.74) is -3.90. The summed E-state index contributed by atoms with van der Waals surface area (Å²) in [5.74, 6) is -4.46. The normalized spacial score (nSPS) is 28.8. The Hall–Kier alpha value is -3.37. The predicted molar refractivity (Wildman–Crippen MR) is 114 cm³/mol. The Balaban J connectivity index is 1.46. The van der Waals surface area contributed by atoms with Crippen LogP contribution in [0.25, 0.3) is 0 Å². The van der Waals surface area contributed by atoms with Gasteiger partial charge in [0.05, 0.1) is 22.3 Å². The highest BCUT2D eigenvalue weighted by Crippen LogP contribution is 2.59. The number of halogens is 6. The van der Waals surface area contributed by atoms with E-state index in [2.05, 4.69) is 0 Å². The van der Waals surface area contributed by atoms with Gasteiger partial charge in [0.25, 0.3) is 0 Å². The highest BCUT2D eigenvalue weighted by Gasteiger charge is 2.64. The van der Waals surface area contributed by atoms with E-state index in [0.717, 1.165) is 36.4 Å². The molecule has 3 aliphatic carbocycles. The number of Topliss-reactive ketones (excluding diaryl/α,β-unsaturated/α-hetero) is 1. The molecule has 0 amide bonds. The van der Waals surface area contributed by atoms with E-state index in [4.69, 9.17) is 9.47 Å². The maximum atomic E-state index is 13.5. The minimum absolute atomic E-state index is 0.0681. The SMILES string of the molecule is O=C(OC1C2CC(C1OC(=O)c1ccccc1C(F)(F)F)C1C(=O)CCC21)c1ccccc1C(F)(F)F. The Morgan fingerprint density at radius 3 is 1.65 bits per heavy atom. The van der Waals surface area contributed by atoms with Crippen LogP contribution >= 0.6 is 0 Å². The van der Waals surface area contributed by atoms with Gasteiger partial charge in [-0.1, -0.05) is 24.3 Å². The smallest absolute Gasteiger partial charge is 0.417 e. The number of ketones is 1. The van der Waals surface area contributed by atoms with Crippen molar-refractivity contribution in [3.8, 4) is 0 Å². The number of ether oxygens (including phenoxy) is 2. The molecule has 196 valence electrons. The van der Waals surface area contributed by atoms with Gasteiger partial charge in [0, 0.05) is 24.2 Å². The number of carbonyl (C=O) groups excluding carboxylic acids is 3. The molecular formula is C26H20F6O5. The predicted octanol–water partition coefficient (Wildman–Crippen LogP) is 5.72. The van der Waals surface area contributed by atoms with Crippen molar-refractivity contribution in [3.63, 3.8) is 0 Å². The molecule has 0 N–H and O–H groups in total. The topological polar surface area (TPSA) is 69.7 Å². The van der Waals surface area contributed by atoms with Crippen LogP contribution in [0, 0.1) is 23.7 Å². The molecule has 0 aromatic heterocycles. The van der Waals surface area contributed by atoms with Crippen molar-refractivity contribution in [1.29, 1.82) is 0 Å². The van der Waals surface area contributed by atoms with E-state index in [1.807, 2.05) is 0 Å². The molecule has 0 heterocycles. The van der Waals surface area contributed by atoms with Crippen LogP contribution in [0.5, 0.6) is 0 Å². The third-order valence-electron chi connectivity index (χ3n) is 7.67. The quantitative estimate of drug-likeness (QED) is 0.377. The van der Waals surface area contributed by atoms with Gasteiger partial charge >= 0.3 is 24.3 Å². The lowest BCUT2D eigenvalue weighted by Gasteiger charge is -2.36. The number of fused-ring (bicyclic) bond motifs is 5. The fourth-order valence-corrected chi connectivity index (χ4v) is 6.27. The molecule has 6 atom stereocenters. The minimum Gasteiger partial charge on any atom is -0.454 e. The number of hydrogen-bond donors (Lipinski definition) is 0. The van der Waals surface area contributed by atoms with Crippen molar-refractivity contribution in [3.05, 3.63) is 70.8 Å². The monoisotopic (exact) mass is 526 g/mol. The molecular weight excluding hydrogens is 506 g/mol. The maximum Gasteiger partial charge on any atom is 0.417 e. The molecule has 0 radical (unpaired) electrons. The molecule has 0 spiro atoms. The third-order valence-corrected chi connectivity index (χ3v) is 7.67. The second-order valence-electron chi connectivity index (χ2n) is 9.58. The molecule has 0 aliphatic heterocycles. The minimum atomic E-state index is -4.84. The Bertz CT molecular complexity index is 1250. The Morgan fingerprint density at radius 2 is 1.16 bits per heavy atom. The zero-order chi connectivity index (χ0) is 26.7. The van der Waals surface area contributed by atoms with E-state index in [1.54, 1.807) is 0 Å². The first-order valence-electron chi connectivity index (χ1n) is 11.6. The Labute approximate surface area is 206 Å². The largest absolute Gasteiger partial charge is 0.454 e. The Morgan fingerprint density at radius 1 is 0.703 bits per heavy atom. The van der Waals surface area contributed by atoms with Gasteiger partial charge in [-0.25, -0.2) is 9.59 Å². The summed E-state index contributed by atoms with van der Waals surface area (Å²) in [4.78, 5) is 38.3. The molecule has 3 saturated carbocycles. The molecule has 2 aromatic carbocycles. The Kier molecular flexibility index (Phi) is 6.07. The fourth-order valence-electron chi connectivity index (χ4n) is 6.27. The first kappa shape index (κ1) is 25.3. The van der Waals surface area contributed by atoms with Crippen LogP contribution in [0.4, 0.5) is 26.3 Å². The van der Waals surface area contributed by atoms with Crippen molar-refractivity contribution >= 4 is 17.7 Å². The number of hydrogen-bond acceptors (Lipinski definition) is 5. The molecule has 11 heteroatoms. The van der Waals surface area contributed by atoms with Crippen molar-refractivity contribution in [1.82, 2.24) is 0 Å². The summed E-state index contributed by atoms with van der Waals surface area (Å²) >= 11 is 0. The highest BCUT2D eigenvalue weighted by atomic mass is 19.4. The van der Waals surface area contributed by atoms with Crippen LogP contribution in [-0.2, 0) is 26.6 Å². The van der Waals surface area contributed by atoms with Crippen LogP contribution in [0.2, 0.25) is 0 Å². The van der Waals surface area contributed by atoms with Gasteiger partial charge in [-0.05, 0) is 43.0 Å². The van der Waals surface area contributed by atoms with E-state index in [9.17, 15) is 40.7 Å². The van der Waals surface area contributed by atoms with Gasteiger partial charge in [-0.2, -0.15) is 26.3 Å². The lowest BCUT2D eigenvalue weighted by atomic mass is 9.78. The lowest BCUT2D eigenvalue weighted by molar-refractivity contribution is -0.139.